The van der Waals surface area contributed by atoms with Crippen molar-refractivity contribution in [2.24, 2.45) is 0 Å². The van der Waals surface area contributed by atoms with Crippen molar-refractivity contribution < 1.29 is 19.1 Å². The summed E-state index contributed by atoms with van der Waals surface area (Å²) in [5.41, 5.74) is -0.926. The molecule has 3 aromatic rings. The van der Waals surface area contributed by atoms with Gasteiger partial charge in [-0.2, -0.15) is 0 Å². The van der Waals surface area contributed by atoms with Crippen molar-refractivity contribution in [3.8, 4) is 5.75 Å². The molecule has 2 heterocycles. The van der Waals surface area contributed by atoms with Gasteiger partial charge in [0, 0.05) is 6.54 Å². The maximum Gasteiger partial charge on any atom is 0.287 e. The third kappa shape index (κ3) is 3.88. The van der Waals surface area contributed by atoms with E-state index in [1.807, 2.05) is 36.4 Å². The summed E-state index contributed by atoms with van der Waals surface area (Å²) in [7, 11) is 0. The highest BCUT2D eigenvalue weighted by molar-refractivity contribution is 5.91. The molecular weight excluding hydrogens is 356 g/mol. The standard InChI is InChI=1S/C22H24N2O4/c1-15(22(26)10-11-23-14-22)24-21(25)20-9-8-19(28-20)13-27-18-7-6-16-4-2-3-5-17(16)12-18/h2-9,12,15,23,26H,10-11,13-14H2,1H3,(H,24,25). The summed E-state index contributed by atoms with van der Waals surface area (Å²) in [6.07, 6.45) is 0.609. The Balaban J connectivity index is 1.36. The monoisotopic (exact) mass is 380 g/mol. The highest BCUT2D eigenvalue weighted by Gasteiger charge is 2.38. The van der Waals surface area contributed by atoms with Crippen LogP contribution in [0.3, 0.4) is 0 Å². The zero-order valence-corrected chi connectivity index (χ0v) is 15.8. The quantitative estimate of drug-likeness (QED) is 0.612. The average Bonchev–Trinajstić information content (AvgIpc) is 3.36. The number of amides is 1. The third-order valence-electron chi connectivity index (χ3n) is 5.31. The van der Waals surface area contributed by atoms with Crippen molar-refractivity contribution >= 4 is 16.7 Å². The number of fused-ring (bicyclic) bond motifs is 1. The normalized spacial score (nSPS) is 20.2. The first-order valence-electron chi connectivity index (χ1n) is 9.48. The summed E-state index contributed by atoms with van der Waals surface area (Å²) in [6.45, 7) is 3.25. The van der Waals surface area contributed by atoms with Gasteiger partial charge in [0.2, 0.25) is 0 Å². The van der Waals surface area contributed by atoms with Crippen LogP contribution in [0.2, 0.25) is 0 Å². The topological polar surface area (TPSA) is 83.7 Å². The van der Waals surface area contributed by atoms with E-state index in [1.165, 1.54) is 0 Å². The summed E-state index contributed by atoms with van der Waals surface area (Å²) < 4.78 is 11.4. The smallest absolute Gasteiger partial charge is 0.287 e. The van der Waals surface area contributed by atoms with Crippen molar-refractivity contribution in [1.82, 2.24) is 10.6 Å². The van der Waals surface area contributed by atoms with E-state index in [-0.39, 0.29) is 24.3 Å². The van der Waals surface area contributed by atoms with Gasteiger partial charge in [-0.1, -0.05) is 30.3 Å². The predicted octanol–water partition coefficient (Wildman–Crippen LogP) is 2.85. The predicted molar refractivity (Wildman–Crippen MR) is 106 cm³/mol. The van der Waals surface area contributed by atoms with E-state index < -0.39 is 5.60 Å². The molecule has 0 aliphatic carbocycles. The summed E-state index contributed by atoms with van der Waals surface area (Å²) >= 11 is 0. The molecule has 1 aliphatic rings. The van der Waals surface area contributed by atoms with E-state index in [9.17, 15) is 9.90 Å². The molecule has 6 nitrogen and oxygen atoms in total. The highest BCUT2D eigenvalue weighted by atomic mass is 16.5. The number of hydrogen-bond donors (Lipinski definition) is 3. The van der Waals surface area contributed by atoms with Crippen LogP contribution in [0.25, 0.3) is 10.8 Å². The van der Waals surface area contributed by atoms with E-state index in [1.54, 1.807) is 19.1 Å². The SMILES string of the molecule is CC(NC(=O)c1ccc(COc2ccc3ccccc3c2)o1)C1(O)CCNC1. The lowest BCUT2D eigenvalue weighted by atomic mass is 9.94. The maximum absolute atomic E-state index is 12.4. The minimum Gasteiger partial charge on any atom is -0.486 e. The van der Waals surface area contributed by atoms with Crippen LogP contribution < -0.4 is 15.4 Å². The van der Waals surface area contributed by atoms with E-state index in [2.05, 4.69) is 16.7 Å². The third-order valence-corrected chi connectivity index (χ3v) is 5.31. The van der Waals surface area contributed by atoms with Crippen LogP contribution >= 0.6 is 0 Å². The first-order valence-corrected chi connectivity index (χ1v) is 9.48. The second-order valence-electron chi connectivity index (χ2n) is 7.29. The summed E-state index contributed by atoms with van der Waals surface area (Å²) in [6, 6.07) is 16.9. The first-order chi connectivity index (χ1) is 13.5. The van der Waals surface area contributed by atoms with Gasteiger partial charge in [-0.15, -0.1) is 0 Å². The Morgan fingerprint density at radius 3 is 2.86 bits per heavy atom. The molecular formula is C22H24N2O4. The minimum atomic E-state index is -0.926. The number of furan rings is 1. The lowest BCUT2D eigenvalue weighted by Crippen LogP contribution is -2.52. The summed E-state index contributed by atoms with van der Waals surface area (Å²) in [5, 5.41) is 18.7. The molecule has 1 aromatic heterocycles. The van der Waals surface area contributed by atoms with Crippen LogP contribution in [0.1, 0.15) is 29.7 Å². The van der Waals surface area contributed by atoms with Gasteiger partial charge in [0.15, 0.2) is 5.76 Å². The molecule has 4 rings (SSSR count). The number of nitrogens with one attached hydrogen (secondary N) is 2. The van der Waals surface area contributed by atoms with Gasteiger partial charge in [0.1, 0.15) is 18.1 Å². The number of carbonyl (C=O) groups is 1. The number of aliphatic hydroxyl groups is 1. The van der Waals surface area contributed by atoms with E-state index in [0.29, 0.717) is 18.7 Å². The van der Waals surface area contributed by atoms with Gasteiger partial charge >= 0.3 is 0 Å². The Morgan fingerprint density at radius 2 is 2.07 bits per heavy atom. The van der Waals surface area contributed by atoms with E-state index in [4.69, 9.17) is 9.15 Å². The zero-order valence-electron chi connectivity index (χ0n) is 15.8. The second kappa shape index (κ2) is 7.66. The van der Waals surface area contributed by atoms with E-state index >= 15 is 0 Å². The summed E-state index contributed by atoms with van der Waals surface area (Å²) in [5.74, 6) is 1.17. The van der Waals surface area contributed by atoms with Gasteiger partial charge < -0.3 is 24.9 Å². The Bertz CT molecular complexity index is 975. The fourth-order valence-electron chi connectivity index (χ4n) is 3.46. The Labute approximate surface area is 163 Å². The highest BCUT2D eigenvalue weighted by Crippen LogP contribution is 2.22. The van der Waals surface area contributed by atoms with Crippen molar-refractivity contribution in [3.05, 3.63) is 66.1 Å². The molecule has 2 aromatic carbocycles. The van der Waals surface area contributed by atoms with Crippen molar-refractivity contribution in [2.75, 3.05) is 13.1 Å². The molecule has 1 aliphatic heterocycles. The molecule has 3 N–H and O–H groups in total. The van der Waals surface area contributed by atoms with Gasteiger partial charge in [-0.05, 0) is 54.9 Å². The van der Waals surface area contributed by atoms with Gasteiger partial charge in [0.25, 0.3) is 5.91 Å². The fourth-order valence-corrected chi connectivity index (χ4v) is 3.46. The molecule has 1 saturated heterocycles. The molecule has 28 heavy (non-hydrogen) atoms. The Hall–Kier alpha value is -2.83. The minimum absolute atomic E-state index is 0.207. The zero-order chi connectivity index (χ0) is 19.6. The van der Waals surface area contributed by atoms with Crippen LogP contribution in [0.5, 0.6) is 5.75 Å². The van der Waals surface area contributed by atoms with Gasteiger partial charge in [-0.3, -0.25) is 4.79 Å². The Morgan fingerprint density at radius 1 is 1.25 bits per heavy atom. The van der Waals surface area contributed by atoms with Gasteiger partial charge in [-0.25, -0.2) is 0 Å². The van der Waals surface area contributed by atoms with Crippen molar-refractivity contribution in [2.45, 2.75) is 31.6 Å². The maximum atomic E-state index is 12.4. The number of hydrogen-bond acceptors (Lipinski definition) is 5. The molecule has 0 spiro atoms. The molecule has 146 valence electrons. The van der Waals surface area contributed by atoms with Crippen LogP contribution in [0.15, 0.2) is 59.0 Å². The number of benzene rings is 2. The molecule has 6 heteroatoms. The van der Waals surface area contributed by atoms with Crippen molar-refractivity contribution in [1.29, 1.82) is 0 Å². The molecule has 1 amide bonds. The number of rotatable bonds is 6. The molecule has 0 bridgehead atoms. The molecule has 1 fully saturated rings. The van der Waals surface area contributed by atoms with Crippen LogP contribution in [-0.2, 0) is 6.61 Å². The van der Waals surface area contributed by atoms with Crippen LogP contribution in [0.4, 0.5) is 0 Å². The average molecular weight is 380 g/mol. The van der Waals surface area contributed by atoms with Crippen LogP contribution in [0, 0.1) is 0 Å². The largest absolute Gasteiger partial charge is 0.486 e. The second-order valence-corrected chi connectivity index (χ2v) is 7.29. The molecule has 2 atom stereocenters. The molecule has 0 radical (unpaired) electrons. The van der Waals surface area contributed by atoms with E-state index in [0.717, 1.165) is 23.1 Å². The Kier molecular flexibility index (Phi) is 5.07. The fraction of sp³-hybridized carbons (Fsp3) is 0.318. The molecule has 0 saturated carbocycles. The number of carbonyl (C=O) groups excluding carboxylic acids is 1. The van der Waals surface area contributed by atoms with Crippen LogP contribution in [-0.4, -0.2) is 35.7 Å². The molecule has 2 unspecified atom stereocenters. The number of ether oxygens (including phenoxy) is 1. The van der Waals surface area contributed by atoms with Crippen molar-refractivity contribution in [3.63, 3.8) is 0 Å². The lowest BCUT2D eigenvalue weighted by Gasteiger charge is -2.29. The lowest BCUT2D eigenvalue weighted by molar-refractivity contribution is 0.0251. The summed E-state index contributed by atoms with van der Waals surface area (Å²) in [4.78, 5) is 12.4. The van der Waals surface area contributed by atoms with Gasteiger partial charge in [0.05, 0.1) is 11.6 Å². The first kappa shape index (κ1) is 18.5. The number of β-amino-alcohol motifs (C(OH)–C–C–N with tert-alkyl or cyclic N) is 1.